The van der Waals surface area contributed by atoms with Crippen LogP contribution in [-0.2, 0) is 36.2 Å². The number of rotatable bonds is 13. The Bertz CT molecular complexity index is 1630. The van der Waals surface area contributed by atoms with Crippen molar-refractivity contribution in [3.8, 4) is 16.9 Å². The number of aliphatic carboxylic acids is 1. The second kappa shape index (κ2) is 15.9. The van der Waals surface area contributed by atoms with Crippen LogP contribution in [0.15, 0.2) is 97.1 Å². The van der Waals surface area contributed by atoms with Crippen LogP contribution in [0.3, 0.4) is 0 Å². The molecule has 0 saturated heterocycles. The molecule has 3 N–H and O–H groups in total. The maximum Gasteiger partial charge on any atom is 0.323 e. The molecule has 46 heavy (non-hydrogen) atoms. The summed E-state index contributed by atoms with van der Waals surface area (Å²) in [4.78, 5) is 26.0. The molecular formula is C39H45N3O4. The van der Waals surface area contributed by atoms with E-state index in [9.17, 15) is 14.7 Å². The maximum atomic E-state index is 12.9. The molecule has 0 aliphatic rings. The molecule has 4 aromatic rings. The Kier molecular flexibility index (Phi) is 11.7. The highest BCUT2D eigenvalue weighted by Gasteiger charge is 2.17. The molecule has 7 heteroatoms. The zero-order valence-electron chi connectivity index (χ0n) is 27.3. The van der Waals surface area contributed by atoms with Gasteiger partial charge in [0.1, 0.15) is 18.2 Å². The van der Waals surface area contributed by atoms with Gasteiger partial charge in [-0.1, -0.05) is 106 Å². The van der Waals surface area contributed by atoms with Gasteiger partial charge in [-0.05, 0) is 70.7 Å². The number of hydrogen-bond acceptors (Lipinski definition) is 4. The molecule has 0 unspecified atom stereocenters. The first-order valence-corrected chi connectivity index (χ1v) is 15.9. The molecule has 0 atom stereocenters. The van der Waals surface area contributed by atoms with E-state index in [4.69, 9.17) is 10.1 Å². The first kappa shape index (κ1) is 34.0. The Morgan fingerprint density at radius 1 is 0.848 bits per heavy atom. The van der Waals surface area contributed by atoms with Gasteiger partial charge >= 0.3 is 12.0 Å². The van der Waals surface area contributed by atoms with E-state index in [2.05, 4.69) is 50.4 Å². The van der Waals surface area contributed by atoms with Crippen LogP contribution < -0.4 is 10.1 Å². The molecule has 0 aromatic heterocycles. The number of ether oxygens (including phenoxy) is 1. The highest BCUT2D eigenvalue weighted by atomic mass is 16.5. The average Bonchev–Trinajstić information content (AvgIpc) is 3.03. The smallest absolute Gasteiger partial charge is 0.323 e. The third kappa shape index (κ3) is 9.80. The summed E-state index contributed by atoms with van der Waals surface area (Å²) in [5.41, 5.74) is 6.99. The lowest BCUT2D eigenvalue weighted by Crippen LogP contribution is -2.43. The fourth-order valence-corrected chi connectivity index (χ4v) is 5.29. The maximum absolute atomic E-state index is 12.9. The van der Waals surface area contributed by atoms with Gasteiger partial charge < -0.3 is 15.2 Å². The molecule has 0 bridgehead atoms. The number of nitrogens with zero attached hydrogens (tertiary/aromatic N) is 1. The van der Waals surface area contributed by atoms with E-state index in [1.165, 1.54) is 10.5 Å². The average molecular weight is 620 g/mol. The fourth-order valence-electron chi connectivity index (χ4n) is 5.29. The number of carbonyl (C=O) groups excluding carboxylic acids is 1. The van der Waals surface area contributed by atoms with Crippen LogP contribution in [0.25, 0.3) is 11.1 Å². The molecule has 0 heterocycles. The zero-order valence-corrected chi connectivity index (χ0v) is 27.3. The number of amidine groups is 1. The minimum atomic E-state index is -0.914. The largest absolute Gasteiger partial charge is 0.489 e. The number of carboxylic acids is 1. The molecule has 0 fully saturated rings. The molecule has 0 spiro atoms. The minimum Gasteiger partial charge on any atom is -0.489 e. The van der Waals surface area contributed by atoms with Gasteiger partial charge in [-0.25, -0.2) is 4.79 Å². The van der Waals surface area contributed by atoms with Crippen molar-refractivity contribution in [1.29, 1.82) is 5.41 Å². The summed E-state index contributed by atoms with van der Waals surface area (Å²) in [5, 5.41) is 21.1. The Balaban J connectivity index is 1.33. The molecule has 0 saturated carbocycles. The van der Waals surface area contributed by atoms with Crippen LogP contribution in [0.1, 0.15) is 68.4 Å². The summed E-state index contributed by atoms with van der Waals surface area (Å²) in [6.07, 6.45) is 1.80. The van der Waals surface area contributed by atoms with Crippen LogP contribution in [0.4, 0.5) is 4.79 Å². The van der Waals surface area contributed by atoms with Crippen molar-refractivity contribution in [3.05, 3.63) is 125 Å². The van der Waals surface area contributed by atoms with Gasteiger partial charge in [0.2, 0.25) is 0 Å². The van der Waals surface area contributed by atoms with Crippen molar-refractivity contribution in [3.63, 3.8) is 0 Å². The highest BCUT2D eigenvalue weighted by Crippen LogP contribution is 2.29. The summed E-state index contributed by atoms with van der Waals surface area (Å²) in [5.74, 6) is -0.0567. The molecule has 4 aromatic carbocycles. The monoisotopic (exact) mass is 619 g/mol. The van der Waals surface area contributed by atoms with E-state index >= 15 is 0 Å². The van der Waals surface area contributed by atoms with Crippen molar-refractivity contribution in [2.24, 2.45) is 0 Å². The lowest BCUT2D eigenvalue weighted by Gasteiger charge is -2.22. The summed E-state index contributed by atoms with van der Waals surface area (Å²) < 4.78 is 6.00. The van der Waals surface area contributed by atoms with Crippen LogP contribution in [0.2, 0.25) is 0 Å². The number of aryl methyl sites for hydroxylation is 1. The van der Waals surface area contributed by atoms with E-state index < -0.39 is 5.97 Å². The SMILES string of the molecule is CCN(C(=N)CCCc1cccc(-c2ccc(OCc3ccccc3)c(CC(=O)O)c2)c1)C(=O)NCc1ccc(C(C)(C)C)cc1. The predicted octanol–water partition coefficient (Wildman–Crippen LogP) is 8.39. The Morgan fingerprint density at radius 2 is 1.54 bits per heavy atom. The number of hydrogen-bond donors (Lipinski definition) is 3. The van der Waals surface area contributed by atoms with Gasteiger partial charge in [-0.2, -0.15) is 0 Å². The van der Waals surface area contributed by atoms with E-state index in [1.807, 2.05) is 79.7 Å². The number of nitrogens with one attached hydrogen (secondary N) is 2. The molecule has 240 valence electrons. The topological polar surface area (TPSA) is 103 Å². The van der Waals surface area contributed by atoms with E-state index in [-0.39, 0.29) is 17.9 Å². The quantitative estimate of drug-likeness (QED) is 0.103. The normalized spacial score (nSPS) is 11.1. The number of carbonyl (C=O) groups is 2. The standard InChI is InChI=1S/C39H45N3O4/c1-5-42(38(45)41-26-29-17-20-34(21-18-29)39(2,3)4)36(40)16-10-14-28-13-9-15-31(23-28)32-19-22-35(33(24-32)25-37(43)44)46-27-30-11-7-6-8-12-30/h6-9,11-13,15,17-24,40H,5,10,14,16,25-27H2,1-4H3,(H,41,45)(H,43,44). The molecule has 4 rings (SSSR count). The van der Waals surface area contributed by atoms with Gasteiger partial charge in [0.05, 0.1) is 6.42 Å². The molecule has 0 aliphatic heterocycles. The summed E-state index contributed by atoms with van der Waals surface area (Å²) in [7, 11) is 0. The van der Waals surface area contributed by atoms with Crippen LogP contribution in [0, 0.1) is 5.41 Å². The number of benzene rings is 4. The van der Waals surface area contributed by atoms with Gasteiger partial charge in [0.25, 0.3) is 0 Å². The lowest BCUT2D eigenvalue weighted by atomic mass is 9.87. The molecule has 2 amide bonds. The molecule has 0 radical (unpaired) electrons. The second-order valence-electron chi connectivity index (χ2n) is 12.5. The minimum absolute atomic E-state index is 0.0758. The third-order valence-corrected chi connectivity index (χ3v) is 7.93. The second-order valence-corrected chi connectivity index (χ2v) is 12.5. The number of carboxylic acid groups (broad SMARTS) is 1. The van der Waals surface area contributed by atoms with Gasteiger partial charge in [-0.3, -0.25) is 15.1 Å². The number of urea groups is 1. The van der Waals surface area contributed by atoms with Crippen molar-refractivity contribution in [2.75, 3.05) is 6.54 Å². The van der Waals surface area contributed by atoms with E-state index in [1.54, 1.807) is 0 Å². The molecule has 7 nitrogen and oxygen atoms in total. The van der Waals surface area contributed by atoms with Crippen molar-refractivity contribution in [2.45, 2.75) is 71.9 Å². The summed E-state index contributed by atoms with van der Waals surface area (Å²) in [6, 6.07) is 31.6. The highest BCUT2D eigenvalue weighted by molar-refractivity contribution is 5.95. The Labute approximate surface area is 272 Å². The van der Waals surface area contributed by atoms with Crippen LogP contribution in [0.5, 0.6) is 5.75 Å². The predicted molar refractivity (Wildman–Crippen MR) is 184 cm³/mol. The van der Waals surface area contributed by atoms with Gasteiger partial charge in [0, 0.05) is 25.1 Å². The number of amides is 2. The van der Waals surface area contributed by atoms with Crippen molar-refractivity contribution < 1.29 is 19.4 Å². The molecular weight excluding hydrogens is 574 g/mol. The fraction of sp³-hybridized carbons (Fsp3) is 0.308. The summed E-state index contributed by atoms with van der Waals surface area (Å²) in [6.45, 7) is 9.60. The zero-order chi connectivity index (χ0) is 33.1. The first-order valence-electron chi connectivity index (χ1n) is 15.9. The first-order chi connectivity index (χ1) is 22.0. The lowest BCUT2D eigenvalue weighted by molar-refractivity contribution is -0.136. The Morgan fingerprint density at radius 3 is 2.22 bits per heavy atom. The van der Waals surface area contributed by atoms with Crippen LogP contribution in [-0.4, -0.2) is 34.4 Å². The molecule has 0 aliphatic carbocycles. The van der Waals surface area contributed by atoms with Gasteiger partial charge in [-0.15, -0.1) is 0 Å². The third-order valence-electron chi connectivity index (χ3n) is 7.93. The van der Waals surface area contributed by atoms with E-state index in [0.29, 0.717) is 43.3 Å². The Hall–Kier alpha value is -4.91. The van der Waals surface area contributed by atoms with Crippen LogP contribution >= 0.6 is 0 Å². The summed E-state index contributed by atoms with van der Waals surface area (Å²) >= 11 is 0. The van der Waals surface area contributed by atoms with Crippen molar-refractivity contribution >= 4 is 17.8 Å². The van der Waals surface area contributed by atoms with Crippen molar-refractivity contribution in [1.82, 2.24) is 10.2 Å². The van der Waals surface area contributed by atoms with E-state index in [0.717, 1.165) is 40.7 Å². The van der Waals surface area contributed by atoms with Gasteiger partial charge in [0.15, 0.2) is 0 Å².